The molecular weight excluding hydrogens is 316 g/mol. The zero-order chi connectivity index (χ0) is 17.3. The lowest BCUT2D eigenvalue weighted by molar-refractivity contribution is -0.141. The van der Waals surface area contributed by atoms with E-state index in [1.165, 1.54) is 25.7 Å². The quantitative estimate of drug-likeness (QED) is 0.199. The normalized spacial score (nSPS) is 11.1. The van der Waals surface area contributed by atoms with E-state index in [0.717, 1.165) is 43.7 Å². The minimum Gasteiger partial charge on any atom is -0.463 e. The van der Waals surface area contributed by atoms with Crippen LogP contribution in [-0.4, -0.2) is 31.0 Å². The average Bonchev–Trinajstić information content (AvgIpc) is 2.52. The van der Waals surface area contributed by atoms with Crippen LogP contribution in [0.4, 0.5) is 0 Å². The van der Waals surface area contributed by atoms with Crippen molar-refractivity contribution in [2.24, 2.45) is 5.92 Å². The second-order valence-corrected chi connectivity index (χ2v) is 6.42. The smallest absolute Gasteiger partial charge is 0.331 e. The summed E-state index contributed by atoms with van der Waals surface area (Å²) in [5.41, 5.74) is 0. The summed E-state index contributed by atoms with van der Waals surface area (Å²) in [6, 6.07) is 0. The Morgan fingerprint density at radius 3 is 1.83 bits per heavy atom. The summed E-state index contributed by atoms with van der Waals surface area (Å²) in [5, 5.41) is 0. The first-order chi connectivity index (χ1) is 11.1. The predicted molar refractivity (Wildman–Crippen MR) is 93.6 cm³/mol. The molecule has 5 heteroatoms. The fourth-order valence-electron chi connectivity index (χ4n) is 1.91. The minimum atomic E-state index is -0.509. The van der Waals surface area contributed by atoms with Gasteiger partial charge in [0.2, 0.25) is 0 Å². The topological polar surface area (TPSA) is 52.6 Å². The van der Waals surface area contributed by atoms with Crippen molar-refractivity contribution < 1.29 is 19.1 Å². The predicted octanol–water partition coefficient (Wildman–Crippen LogP) is 4.64. The highest BCUT2D eigenvalue weighted by Gasteiger charge is 2.02. The number of ether oxygens (including phenoxy) is 2. The number of hydrogen-bond acceptors (Lipinski definition) is 4. The molecule has 0 spiro atoms. The third-order valence-electron chi connectivity index (χ3n) is 3.19. The van der Waals surface area contributed by atoms with Crippen LogP contribution in [0.2, 0.25) is 0 Å². The SMILES string of the molecule is CC(C)COC(=O)/C=C/C(=O)OCCCCCCCCCCCl. The molecule has 0 heterocycles. The zero-order valence-corrected chi connectivity index (χ0v) is 15.3. The second kappa shape index (κ2) is 15.9. The van der Waals surface area contributed by atoms with Crippen molar-refractivity contribution in [3.8, 4) is 0 Å². The molecule has 0 radical (unpaired) electrons. The van der Waals surface area contributed by atoms with Gasteiger partial charge in [0.1, 0.15) is 0 Å². The Labute approximate surface area is 145 Å². The monoisotopic (exact) mass is 346 g/mol. The van der Waals surface area contributed by atoms with Gasteiger partial charge in [-0.1, -0.05) is 52.4 Å². The van der Waals surface area contributed by atoms with E-state index in [9.17, 15) is 9.59 Å². The molecule has 0 aromatic rings. The number of unbranched alkanes of at least 4 members (excludes halogenated alkanes) is 7. The second-order valence-electron chi connectivity index (χ2n) is 6.04. The third kappa shape index (κ3) is 17.2. The Morgan fingerprint density at radius 2 is 1.30 bits per heavy atom. The highest BCUT2D eigenvalue weighted by Crippen LogP contribution is 2.09. The Morgan fingerprint density at radius 1 is 0.826 bits per heavy atom. The van der Waals surface area contributed by atoms with Crippen molar-refractivity contribution >= 4 is 23.5 Å². The molecule has 0 aliphatic carbocycles. The summed E-state index contributed by atoms with van der Waals surface area (Å²) in [4.78, 5) is 22.7. The Kier molecular flexibility index (Phi) is 15.1. The molecule has 0 aromatic heterocycles. The van der Waals surface area contributed by atoms with Crippen LogP contribution in [0.3, 0.4) is 0 Å². The molecule has 0 saturated carbocycles. The van der Waals surface area contributed by atoms with Crippen molar-refractivity contribution in [2.45, 2.75) is 65.2 Å². The molecule has 0 bridgehead atoms. The molecule has 0 fully saturated rings. The van der Waals surface area contributed by atoms with E-state index in [1.54, 1.807) is 0 Å². The van der Waals surface area contributed by atoms with E-state index in [-0.39, 0.29) is 5.92 Å². The molecule has 0 aromatic carbocycles. The first-order valence-corrected chi connectivity index (χ1v) is 9.17. The Balaban J connectivity index is 3.44. The average molecular weight is 347 g/mol. The Hall–Kier alpha value is -1.03. The highest BCUT2D eigenvalue weighted by atomic mass is 35.5. The van der Waals surface area contributed by atoms with Gasteiger partial charge in [-0.05, 0) is 18.8 Å². The van der Waals surface area contributed by atoms with Crippen molar-refractivity contribution in [1.29, 1.82) is 0 Å². The summed E-state index contributed by atoms with van der Waals surface area (Å²) in [5.74, 6) is 0.0342. The van der Waals surface area contributed by atoms with Gasteiger partial charge < -0.3 is 9.47 Å². The van der Waals surface area contributed by atoms with Gasteiger partial charge >= 0.3 is 11.9 Å². The molecule has 0 saturated heterocycles. The van der Waals surface area contributed by atoms with Gasteiger partial charge in [0, 0.05) is 18.0 Å². The van der Waals surface area contributed by atoms with Gasteiger partial charge in [-0.25, -0.2) is 9.59 Å². The van der Waals surface area contributed by atoms with Crippen LogP contribution in [-0.2, 0) is 19.1 Å². The molecule has 4 nitrogen and oxygen atoms in total. The van der Waals surface area contributed by atoms with Crippen molar-refractivity contribution in [3.63, 3.8) is 0 Å². The van der Waals surface area contributed by atoms with Gasteiger partial charge in [-0.15, -0.1) is 11.6 Å². The summed E-state index contributed by atoms with van der Waals surface area (Å²) in [7, 11) is 0. The highest BCUT2D eigenvalue weighted by molar-refractivity contribution is 6.17. The van der Waals surface area contributed by atoms with E-state index in [2.05, 4.69) is 0 Å². The van der Waals surface area contributed by atoms with E-state index >= 15 is 0 Å². The third-order valence-corrected chi connectivity index (χ3v) is 3.45. The molecule has 134 valence electrons. The van der Waals surface area contributed by atoms with Gasteiger partial charge in [-0.2, -0.15) is 0 Å². The van der Waals surface area contributed by atoms with Crippen LogP contribution in [0.15, 0.2) is 12.2 Å². The van der Waals surface area contributed by atoms with E-state index < -0.39 is 11.9 Å². The number of carbonyl (C=O) groups is 2. The zero-order valence-electron chi connectivity index (χ0n) is 14.5. The molecule has 0 atom stereocenters. The van der Waals surface area contributed by atoms with Gasteiger partial charge in [0.15, 0.2) is 0 Å². The van der Waals surface area contributed by atoms with Gasteiger partial charge in [0.25, 0.3) is 0 Å². The fraction of sp³-hybridized carbons (Fsp3) is 0.778. The van der Waals surface area contributed by atoms with Crippen LogP contribution in [0.5, 0.6) is 0 Å². The summed E-state index contributed by atoms with van der Waals surface area (Å²) in [6.07, 6.45) is 11.4. The maximum Gasteiger partial charge on any atom is 0.331 e. The molecular formula is C18H31ClO4. The number of esters is 2. The fourth-order valence-corrected chi connectivity index (χ4v) is 2.10. The molecule has 0 aliphatic rings. The van der Waals surface area contributed by atoms with Crippen molar-refractivity contribution in [1.82, 2.24) is 0 Å². The lowest BCUT2D eigenvalue weighted by atomic mass is 10.1. The maximum absolute atomic E-state index is 11.4. The van der Waals surface area contributed by atoms with Crippen LogP contribution < -0.4 is 0 Å². The molecule has 0 unspecified atom stereocenters. The number of hydrogen-bond donors (Lipinski definition) is 0. The van der Waals surface area contributed by atoms with E-state index in [0.29, 0.717) is 13.2 Å². The van der Waals surface area contributed by atoms with E-state index in [1.807, 2.05) is 13.8 Å². The van der Waals surface area contributed by atoms with Crippen LogP contribution in [0.25, 0.3) is 0 Å². The Bertz CT molecular complexity index is 340. The summed E-state index contributed by atoms with van der Waals surface area (Å²) < 4.78 is 9.95. The molecule has 0 aliphatic heterocycles. The van der Waals surface area contributed by atoms with Crippen molar-refractivity contribution in [3.05, 3.63) is 12.2 Å². The van der Waals surface area contributed by atoms with Crippen LogP contribution in [0.1, 0.15) is 65.2 Å². The van der Waals surface area contributed by atoms with Crippen molar-refractivity contribution in [2.75, 3.05) is 19.1 Å². The summed E-state index contributed by atoms with van der Waals surface area (Å²) >= 11 is 5.62. The molecule has 0 amide bonds. The molecule has 0 rings (SSSR count). The van der Waals surface area contributed by atoms with Gasteiger partial charge in [0.05, 0.1) is 13.2 Å². The number of halogens is 1. The first-order valence-electron chi connectivity index (χ1n) is 8.63. The maximum atomic E-state index is 11.4. The standard InChI is InChI=1S/C18H31ClO4/c1-16(2)15-23-18(21)12-11-17(20)22-14-10-8-6-4-3-5-7-9-13-19/h11-12,16H,3-10,13-15H2,1-2H3/b12-11+. The number of carbonyl (C=O) groups excluding carboxylic acids is 2. The lowest BCUT2D eigenvalue weighted by Crippen LogP contribution is -2.08. The van der Waals surface area contributed by atoms with Crippen LogP contribution >= 0.6 is 11.6 Å². The van der Waals surface area contributed by atoms with E-state index in [4.69, 9.17) is 21.1 Å². The van der Waals surface area contributed by atoms with Crippen LogP contribution in [0, 0.1) is 5.92 Å². The lowest BCUT2D eigenvalue weighted by Gasteiger charge is -2.04. The molecule has 0 N–H and O–H groups in total. The van der Waals surface area contributed by atoms with Gasteiger partial charge in [-0.3, -0.25) is 0 Å². The summed E-state index contributed by atoms with van der Waals surface area (Å²) in [6.45, 7) is 4.65. The first kappa shape index (κ1) is 22.0. The number of alkyl halides is 1. The molecule has 23 heavy (non-hydrogen) atoms. The largest absolute Gasteiger partial charge is 0.463 e. The number of rotatable bonds is 14. The minimum absolute atomic E-state index is 0.277.